The van der Waals surface area contributed by atoms with Crippen LogP contribution in [0.5, 0.6) is 0 Å². The quantitative estimate of drug-likeness (QED) is 0.507. The molecule has 0 fully saturated rings. The molecule has 0 unspecified atom stereocenters. The maximum absolute atomic E-state index is 12.5. The van der Waals surface area contributed by atoms with Crippen LogP contribution in [0.15, 0.2) is 64.0 Å². The van der Waals surface area contributed by atoms with Gasteiger partial charge < -0.3 is 9.73 Å². The largest absolute Gasteiger partial charge is 0.441 e. The first-order valence-corrected chi connectivity index (χ1v) is 11.5. The van der Waals surface area contributed by atoms with E-state index in [1.807, 2.05) is 32.0 Å². The highest BCUT2D eigenvalue weighted by Gasteiger charge is 2.15. The number of unbranched alkanes of at least 4 members (excludes halogenated alkanes) is 1. The Balaban J connectivity index is 1.65. The summed E-state index contributed by atoms with van der Waals surface area (Å²) in [6.07, 6.45) is 2.18. The van der Waals surface area contributed by atoms with Crippen molar-refractivity contribution in [3.63, 3.8) is 0 Å². The molecule has 3 rings (SSSR count). The van der Waals surface area contributed by atoms with E-state index in [9.17, 15) is 13.2 Å². The topological polar surface area (TPSA) is 113 Å². The van der Waals surface area contributed by atoms with Crippen LogP contribution in [0.4, 0.5) is 5.69 Å². The van der Waals surface area contributed by atoms with E-state index in [2.05, 4.69) is 10.3 Å². The highest BCUT2D eigenvalue weighted by atomic mass is 32.2. The van der Waals surface area contributed by atoms with Crippen LogP contribution >= 0.6 is 0 Å². The standard InChI is InChI=1S/C23H23N3O4S/c1-16(2)21-15-25-23(30-21)18-5-9-19(10-6-18)26-22(27)17-7-11-20(12-8-17)31(28,29)14-4-3-13-24/h5-12,15-16H,3-4,14H2,1-2H3,(H,26,27). The molecule has 31 heavy (non-hydrogen) atoms. The number of nitrogens with one attached hydrogen (secondary N) is 1. The van der Waals surface area contributed by atoms with Crippen LogP contribution in [0.2, 0.25) is 0 Å². The zero-order valence-electron chi connectivity index (χ0n) is 17.3. The van der Waals surface area contributed by atoms with E-state index in [0.29, 0.717) is 17.1 Å². The fourth-order valence-electron chi connectivity index (χ4n) is 2.86. The van der Waals surface area contributed by atoms with Crippen molar-refractivity contribution < 1.29 is 17.6 Å². The minimum absolute atomic E-state index is 0.0956. The molecule has 0 bridgehead atoms. The lowest BCUT2D eigenvalue weighted by Crippen LogP contribution is -2.12. The van der Waals surface area contributed by atoms with Gasteiger partial charge in [0.05, 0.1) is 22.9 Å². The number of nitrogens with zero attached hydrogens (tertiary/aromatic N) is 2. The van der Waals surface area contributed by atoms with Gasteiger partial charge in [-0.05, 0) is 55.0 Å². The van der Waals surface area contributed by atoms with Crippen molar-refractivity contribution in [2.45, 2.75) is 37.5 Å². The fourth-order valence-corrected chi connectivity index (χ4v) is 4.17. The smallest absolute Gasteiger partial charge is 0.255 e. The first-order valence-electron chi connectivity index (χ1n) is 9.87. The van der Waals surface area contributed by atoms with E-state index < -0.39 is 9.84 Å². The number of amides is 1. The highest BCUT2D eigenvalue weighted by molar-refractivity contribution is 7.91. The van der Waals surface area contributed by atoms with Crippen molar-refractivity contribution in [3.05, 3.63) is 66.1 Å². The van der Waals surface area contributed by atoms with Crippen molar-refractivity contribution in [1.29, 1.82) is 5.26 Å². The van der Waals surface area contributed by atoms with Crippen molar-refractivity contribution in [1.82, 2.24) is 4.98 Å². The molecule has 0 radical (unpaired) electrons. The second-order valence-corrected chi connectivity index (χ2v) is 9.47. The number of oxazole rings is 1. The van der Waals surface area contributed by atoms with Gasteiger partial charge in [0.2, 0.25) is 5.89 Å². The molecule has 2 aromatic carbocycles. The number of hydrogen-bond acceptors (Lipinski definition) is 6. The minimum atomic E-state index is -3.47. The predicted octanol–water partition coefficient (Wildman–Crippen LogP) is 4.79. The van der Waals surface area contributed by atoms with Gasteiger partial charge in [0, 0.05) is 29.2 Å². The summed E-state index contributed by atoms with van der Waals surface area (Å²) in [5.41, 5.74) is 1.74. The Morgan fingerprint density at radius 2 is 1.81 bits per heavy atom. The maximum Gasteiger partial charge on any atom is 0.255 e. The van der Waals surface area contributed by atoms with Crippen LogP contribution in [0.3, 0.4) is 0 Å². The average molecular weight is 438 g/mol. The number of hydrogen-bond donors (Lipinski definition) is 1. The van der Waals surface area contributed by atoms with E-state index in [1.165, 1.54) is 24.3 Å². The van der Waals surface area contributed by atoms with Crippen molar-refractivity contribution in [3.8, 4) is 17.5 Å². The van der Waals surface area contributed by atoms with Crippen molar-refractivity contribution >= 4 is 21.4 Å². The molecule has 8 heteroatoms. The second-order valence-electron chi connectivity index (χ2n) is 7.36. The Morgan fingerprint density at radius 3 is 2.39 bits per heavy atom. The van der Waals surface area contributed by atoms with Gasteiger partial charge in [-0.25, -0.2) is 13.4 Å². The zero-order valence-corrected chi connectivity index (χ0v) is 18.1. The number of sulfone groups is 1. The third kappa shape index (κ3) is 5.58. The van der Waals surface area contributed by atoms with E-state index >= 15 is 0 Å². The molecule has 0 saturated heterocycles. The van der Waals surface area contributed by atoms with Crippen molar-refractivity contribution in [2.75, 3.05) is 11.1 Å². The molecule has 1 aromatic heterocycles. The van der Waals surface area contributed by atoms with Gasteiger partial charge >= 0.3 is 0 Å². The van der Waals surface area contributed by atoms with Gasteiger partial charge in [-0.2, -0.15) is 5.26 Å². The molecular formula is C23H23N3O4S. The highest BCUT2D eigenvalue weighted by Crippen LogP contribution is 2.24. The van der Waals surface area contributed by atoms with Crippen LogP contribution < -0.4 is 5.32 Å². The summed E-state index contributed by atoms with van der Waals surface area (Å²) in [7, 11) is -3.47. The zero-order chi connectivity index (χ0) is 22.4. The number of aromatic nitrogens is 1. The number of rotatable bonds is 8. The molecule has 0 atom stereocenters. The van der Waals surface area contributed by atoms with Gasteiger partial charge in [0.25, 0.3) is 5.91 Å². The van der Waals surface area contributed by atoms with E-state index in [-0.39, 0.29) is 35.3 Å². The molecule has 0 spiro atoms. The Hall–Kier alpha value is -3.44. The average Bonchev–Trinajstić information content (AvgIpc) is 3.25. The Labute approximate surface area is 181 Å². The molecular weight excluding hydrogens is 414 g/mol. The molecule has 1 heterocycles. The number of carbonyl (C=O) groups excluding carboxylic acids is 1. The summed E-state index contributed by atoms with van der Waals surface area (Å²) in [5.74, 6) is 1.14. The van der Waals surface area contributed by atoms with Gasteiger partial charge in [0.15, 0.2) is 9.84 Å². The van der Waals surface area contributed by atoms with Gasteiger partial charge in [-0.3, -0.25) is 4.79 Å². The number of benzene rings is 2. The first kappa shape index (κ1) is 22.2. The number of nitriles is 1. The lowest BCUT2D eigenvalue weighted by atomic mass is 10.2. The molecule has 0 aliphatic heterocycles. The summed E-state index contributed by atoms with van der Waals surface area (Å²) in [5, 5.41) is 11.3. The second kappa shape index (κ2) is 9.58. The molecule has 0 aliphatic carbocycles. The predicted molar refractivity (Wildman–Crippen MR) is 117 cm³/mol. The summed E-state index contributed by atoms with van der Waals surface area (Å²) in [6.45, 7) is 4.05. The number of carbonyl (C=O) groups is 1. The summed E-state index contributed by atoms with van der Waals surface area (Å²) < 4.78 is 30.2. The maximum atomic E-state index is 12.5. The molecule has 160 valence electrons. The lowest BCUT2D eigenvalue weighted by Gasteiger charge is -2.07. The Morgan fingerprint density at radius 1 is 1.13 bits per heavy atom. The molecule has 1 N–H and O–H groups in total. The molecule has 3 aromatic rings. The van der Waals surface area contributed by atoms with Crippen LogP contribution in [0.25, 0.3) is 11.5 Å². The Kier molecular flexibility index (Phi) is 6.88. The van der Waals surface area contributed by atoms with E-state index in [0.717, 1.165) is 11.3 Å². The summed E-state index contributed by atoms with van der Waals surface area (Å²) in [6, 6.07) is 14.8. The molecule has 0 aliphatic rings. The Bertz CT molecular complexity index is 1190. The monoisotopic (exact) mass is 437 g/mol. The van der Waals surface area contributed by atoms with Crippen molar-refractivity contribution in [2.24, 2.45) is 0 Å². The first-order chi connectivity index (χ1) is 14.8. The van der Waals surface area contributed by atoms with Crippen LogP contribution in [0.1, 0.15) is 48.7 Å². The lowest BCUT2D eigenvalue weighted by molar-refractivity contribution is 0.102. The fraction of sp³-hybridized carbons (Fsp3) is 0.261. The summed E-state index contributed by atoms with van der Waals surface area (Å²) >= 11 is 0. The van der Waals surface area contributed by atoms with Gasteiger partial charge in [0.1, 0.15) is 5.76 Å². The van der Waals surface area contributed by atoms with Gasteiger partial charge in [-0.1, -0.05) is 13.8 Å². The number of anilines is 1. The molecule has 0 saturated carbocycles. The third-order valence-corrected chi connectivity index (χ3v) is 6.48. The van der Waals surface area contributed by atoms with Gasteiger partial charge in [-0.15, -0.1) is 0 Å². The van der Waals surface area contributed by atoms with E-state index in [4.69, 9.17) is 9.68 Å². The van der Waals surface area contributed by atoms with Crippen LogP contribution in [-0.2, 0) is 9.84 Å². The normalized spacial score (nSPS) is 11.3. The third-order valence-electron chi connectivity index (χ3n) is 4.66. The minimum Gasteiger partial charge on any atom is -0.441 e. The van der Waals surface area contributed by atoms with Crippen LogP contribution in [0, 0.1) is 11.3 Å². The van der Waals surface area contributed by atoms with Crippen LogP contribution in [-0.4, -0.2) is 25.1 Å². The molecule has 7 nitrogen and oxygen atoms in total. The molecule has 1 amide bonds. The summed E-state index contributed by atoms with van der Waals surface area (Å²) in [4.78, 5) is 16.9. The SMILES string of the molecule is CC(C)c1cnc(-c2ccc(NC(=O)c3ccc(S(=O)(=O)CCCC#N)cc3)cc2)o1. The van der Waals surface area contributed by atoms with E-state index in [1.54, 1.807) is 18.3 Å².